The third-order valence-corrected chi connectivity index (χ3v) is 2.06. The molecule has 0 saturated heterocycles. The molecule has 18 heavy (non-hydrogen) atoms. The van der Waals surface area contributed by atoms with Crippen molar-refractivity contribution in [3.63, 3.8) is 0 Å². The molecule has 0 atom stereocenters. The number of anilines is 3. The predicted molar refractivity (Wildman–Crippen MR) is 62.5 cm³/mol. The first-order valence-electron chi connectivity index (χ1n) is 5.23. The van der Waals surface area contributed by atoms with Gasteiger partial charge in [0.15, 0.2) is 0 Å². The highest BCUT2D eigenvalue weighted by Gasteiger charge is 2.31. The van der Waals surface area contributed by atoms with E-state index in [1.165, 1.54) is 0 Å². The zero-order chi connectivity index (χ0) is 13.9. The van der Waals surface area contributed by atoms with Gasteiger partial charge in [0.1, 0.15) is 6.54 Å². The first-order valence-corrected chi connectivity index (χ1v) is 5.23. The Morgan fingerprint density at radius 2 is 1.67 bits per heavy atom. The largest absolute Gasteiger partial charge is 0.406 e. The Bertz CT molecular complexity index is 406. The van der Waals surface area contributed by atoms with E-state index < -0.39 is 12.7 Å². The molecule has 1 heterocycles. The fraction of sp³-hybridized carbons (Fsp3) is 0.667. The monoisotopic (exact) mass is 264 g/mol. The van der Waals surface area contributed by atoms with Gasteiger partial charge < -0.3 is 15.5 Å². The van der Waals surface area contributed by atoms with Crippen LogP contribution in [-0.2, 0) is 0 Å². The Labute approximate surface area is 103 Å². The van der Waals surface area contributed by atoms with Gasteiger partial charge in [-0.25, -0.2) is 0 Å². The first-order chi connectivity index (χ1) is 8.23. The van der Waals surface area contributed by atoms with E-state index in [1.54, 1.807) is 25.9 Å². The van der Waals surface area contributed by atoms with Crippen LogP contribution >= 0.6 is 0 Å². The van der Waals surface area contributed by atoms with E-state index in [4.69, 9.17) is 5.73 Å². The van der Waals surface area contributed by atoms with Crippen LogP contribution in [0.2, 0.25) is 0 Å². The highest BCUT2D eigenvalue weighted by Crippen LogP contribution is 2.20. The number of nitrogen functional groups attached to an aromatic ring is 1. The maximum absolute atomic E-state index is 12.4. The molecule has 0 aliphatic carbocycles. The Balaban J connectivity index is 3.05. The van der Waals surface area contributed by atoms with E-state index in [-0.39, 0.29) is 24.4 Å². The Morgan fingerprint density at radius 1 is 1.11 bits per heavy atom. The lowest BCUT2D eigenvalue weighted by molar-refractivity contribution is -0.119. The van der Waals surface area contributed by atoms with Crippen molar-refractivity contribution < 1.29 is 13.2 Å². The summed E-state index contributed by atoms with van der Waals surface area (Å²) in [5.74, 6) is 0.0356. The third kappa shape index (κ3) is 3.90. The van der Waals surface area contributed by atoms with E-state index in [0.29, 0.717) is 0 Å². The minimum atomic E-state index is -4.32. The summed E-state index contributed by atoms with van der Waals surface area (Å²) >= 11 is 0. The average Bonchev–Trinajstić information content (AvgIpc) is 2.23. The van der Waals surface area contributed by atoms with Crippen molar-refractivity contribution in [2.75, 3.05) is 42.7 Å². The van der Waals surface area contributed by atoms with Gasteiger partial charge in [0, 0.05) is 20.6 Å². The van der Waals surface area contributed by atoms with Gasteiger partial charge in [-0.2, -0.15) is 28.1 Å². The van der Waals surface area contributed by atoms with Crippen molar-refractivity contribution in [2.24, 2.45) is 0 Å². The molecule has 1 aromatic heterocycles. The molecule has 0 spiro atoms. The molecular weight excluding hydrogens is 249 g/mol. The van der Waals surface area contributed by atoms with Crippen molar-refractivity contribution in [2.45, 2.75) is 13.1 Å². The second-order valence-corrected chi connectivity index (χ2v) is 3.82. The predicted octanol–water partition coefficient (Wildman–Crippen LogP) is 0.908. The quantitative estimate of drug-likeness (QED) is 0.871. The van der Waals surface area contributed by atoms with Gasteiger partial charge in [0.2, 0.25) is 17.8 Å². The standard InChI is InChI=1S/C9H15F3N6/c1-4-18(5-9(10,11)12)8-15-6(13)14-7(16-8)17(2)3/h4-5H2,1-3H3,(H2,13,14,15,16). The third-order valence-electron chi connectivity index (χ3n) is 2.06. The SMILES string of the molecule is CCN(CC(F)(F)F)c1nc(N)nc(N(C)C)n1. The Morgan fingerprint density at radius 3 is 2.11 bits per heavy atom. The first kappa shape index (κ1) is 14.3. The van der Waals surface area contributed by atoms with E-state index in [2.05, 4.69) is 15.0 Å². The van der Waals surface area contributed by atoms with Gasteiger partial charge in [0.05, 0.1) is 0 Å². The van der Waals surface area contributed by atoms with Crippen LogP contribution in [0, 0.1) is 0 Å². The van der Waals surface area contributed by atoms with Crippen molar-refractivity contribution >= 4 is 17.8 Å². The van der Waals surface area contributed by atoms with Gasteiger partial charge in [-0.15, -0.1) is 0 Å². The highest BCUT2D eigenvalue weighted by molar-refractivity contribution is 5.42. The molecule has 0 aliphatic heterocycles. The number of hydrogen-bond acceptors (Lipinski definition) is 6. The molecule has 0 aromatic carbocycles. The summed E-state index contributed by atoms with van der Waals surface area (Å²) in [6.45, 7) is 0.580. The van der Waals surface area contributed by atoms with Crippen LogP contribution in [0.15, 0.2) is 0 Å². The lowest BCUT2D eigenvalue weighted by Gasteiger charge is -2.23. The summed E-state index contributed by atoms with van der Waals surface area (Å²) in [4.78, 5) is 14.0. The van der Waals surface area contributed by atoms with E-state index in [9.17, 15) is 13.2 Å². The highest BCUT2D eigenvalue weighted by atomic mass is 19.4. The lowest BCUT2D eigenvalue weighted by atomic mass is 10.5. The average molecular weight is 264 g/mol. The van der Waals surface area contributed by atoms with Gasteiger partial charge >= 0.3 is 6.18 Å². The molecule has 1 aromatic rings. The summed E-state index contributed by atoms with van der Waals surface area (Å²) in [6.07, 6.45) is -4.32. The minimum absolute atomic E-state index is 0.0778. The van der Waals surface area contributed by atoms with Crippen LogP contribution in [0.1, 0.15) is 6.92 Å². The van der Waals surface area contributed by atoms with Gasteiger partial charge in [-0.3, -0.25) is 0 Å². The zero-order valence-electron chi connectivity index (χ0n) is 10.4. The fourth-order valence-electron chi connectivity index (χ4n) is 1.25. The van der Waals surface area contributed by atoms with Crippen molar-refractivity contribution in [3.8, 4) is 0 Å². The van der Waals surface area contributed by atoms with Gasteiger partial charge in [-0.1, -0.05) is 0 Å². The van der Waals surface area contributed by atoms with Crippen LogP contribution in [0.3, 0.4) is 0 Å². The van der Waals surface area contributed by atoms with Crippen LogP contribution in [0.25, 0.3) is 0 Å². The number of hydrogen-bond donors (Lipinski definition) is 1. The fourth-order valence-corrected chi connectivity index (χ4v) is 1.25. The van der Waals surface area contributed by atoms with Crippen LogP contribution < -0.4 is 15.5 Å². The van der Waals surface area contributed by atoms with Gasteiger partial charge in [-0.05, 0) is 6.92 Å². The molecular formula is C9H15F3N6. The number of halogens is 3. The molecule has 0 amide bonds. The summed E-state index contributed by atoms with van der Waals surface area (Å²) in [6, 6.07) is 0. The van der Waals surface area contributed by atoms with Crippen LogP contribution in [0.5, 0.6) is 0 Å². The van der Waals surface area contributed by atoms with E-state index >= 15 is 0 Å². The topological polar surface area (TPSA) is 71.2 Å². The Hall–Kier alpha value is -1.80. The normalized spacial score (nSPS) is 11.4. The van der Waals surface area contributed by atoms with Crippen molar-refractivity contribution in [3.05, 3.63) is 0 Å². The summed E-state index contributed by atoms with van der Waals surface area (Å²) < 4.78 is 37.2. The van der Waals surface area contributed by atoms with E-state index in [0.717, 1.165) is 4.90 Å². The van der Waals surface area contributed by atoms with Crippen molar-refractivity contribution in [1.29, 1.82) is 0 Å². The number of rotatable bonds is 4. The molecule has 0 bridgehead atoms. The van der Waals surface area contributed by atoms with Crippen LogP contribution in [-0.4, -0.2) is 48.3 Å². The minimum Gasteiger partial charge on any atom is -0.368 e. The summed E-state index contributed by atoms with van der Waals surface area (Å²) in [5, 5.41) is 0. The van der Waals surface area contributed by atoms with E-state index in [1.807, 2.05) is 0 Å². The van der Waals surface area contributed by atoms with Gasteiger partial charge in [0.25, 0.3) is 0 Å². The lowest BCUT2D eigenvalue weighted by Crippen LogP contribution is -2.35. The molecule has 9 heteroatoms. The molecule has 0 radical (unpaired) electrons. The second-order valence-electron chi connectivity index (χ2n) is 3.82. The molecule has 0 saturated carbocycles. The smallest absolute Gasteiger partial charge is 0.368 e. The molecule has 1 rings (SSSR count). The number of alkyl halides is 3. The molecule has 102 valence electrons. The zero-order valence-corrected chi connectivity index (χ0v) is 10.4. The molecule has 2 N–H and O–H groups in total. The molecule has 0 fully saturated rings. The molecule has 0 aliphatic rings. The second kappa shape index (κ2) is 5.23. The van der Waals surface area contributed by atoms with Crippen LogP contribution in [0.4, 0.5) is 31.0 Å². The van der Waals surface area contributed by atoms with Crippen molar-refractivity contribution in [1.82, 2.24) is 15.0 Å². The maximum Gasteiger partial charge on any atom is 0.406 e. The maximum atomic E-state index is 12.4. The number of nitrogens with two attached hydrogens (primary N) is 1. The summed E-state index contributed by atoms with van der Waals surface area (Å²) in [5.41, 5.74) is 5.46. The number of aromatic nitrogens is 3. The summed E-state index contributed by atoms with van der Waals surface area (Å²) in [7, 11) is 3.33. The Kier molecular flexibility index (Phi) is 4.15. The number of nitrogens with zero attached hydrogens (tertiary/aromatic N) is 5. The molecule has 0 unspecified atom stereocenters. The molecule has 6 nitrogen and oxygen atoms in total.